The first kappa shape index (κ1) is 14.6. The molecule has 5 heteroatoms. The van der Waals surface area contributed by atoms with Crippen LogP contribution in [-0.2, 0) is 6.42 Å². The van der Waals surface area contributed by atoms with Gasteiger partial charge in [-0.15, -0.1) is 0 Å². The van der Waals surface area contributed by atoms with Crippen LogP contribution in [-0.4, -0.2) is 24.1 Å². The highest BCUT2D eigenvalue weighted by Gasteiger charge is 2.21. The van der Waals surface area contributed by atoms with E-state index in [9.17, 15) is 4.79 Å². The number of carbonyl (C=O) groups is 1. The Labute approximate surface area is 130 Å². The molecule has 1 aromatic heterocycles. The zero-order chi connectivity index (χ0) is 15.4. The molecule has 0 unspecified atom stereocenters. The van der Waals surface area contributed by atoms with E-state index in [1.165, 1.54) is 18.4 Å². The van der Waals surface area contributed by atoms with Crippen LogP contribution in [0.3, 0.4) is 0 Å². The molecule has 3 rings (SSSR count). The molecule has 1 fully saturated rings. The summed E-state index contributed by atoms with van der Waals surface area (Å²) in [6, 6.07) is 7.95. The van der Waals surface area contributed by atoms with Crippen molar-refractivity contribution in [2.24, 2.45) is 5.92 Å². The lowest BCUT2D eigenvalue weighted by molar-refractivity contribution is 0.240. The van der Waals surface area contributed by atoms with Crippen LogP contribution in [0.1, 0.15) is 24.1 Å². The van der Waals surface area contributed by atoms with Gasteiger partial charge in [-0.1, -0.05) is 17.7 Å². The van der Waals surface area contributed by atoms with Crippen LogP contribution in [0, 0.1) is 12.8 Å². The first-order valence-electron chi connectivity index (χ1n) is 7.74. The zero-order valence-electron chi connectivity index (χ0n) is 12.8. The molecule has 0 aliphatic heterocycles. The van der Waals surface area contributed by atoms with Crippen LogP contribution in [0.25, 0.3) is 11.5 Å². The van der Waals surface area contributed by atoms with Crippen LogP contribution < -0.4 is 10.6 Å². The topological polar surface area (TPSA) is 67.2 Å². The van der Waals surface area contributed by atoms with E-state index < -0.39 is 0 Å². The van der Waals surface area contributed by atoms with Crippen LogP contribution in [0.4, 0.5) is 4.79 Å². The van der Waals surface area contributed by atoms with Gasteiger partial charge in [-0.05, 0) is 37.8 Å². The molecule has 2 N–H and O–H groups in total. The fraction of sp³-hybridized carbons (Fsp3) is 0.412. The molecule has 1 saturated carbocycles. The smallest absolute Gasteiger partial charge is 0.314 e. The number of oxazole rings is 1. The number of benzene rings is 1. The molecule has 0 radical (unpaired) electrons. The van der Waals surface area contributed by atoms with Gasteiger partial charge < -0.3 is 15.1 Å². The molecule has 1 aliphatic carbocycles. The Morgan fingerprint density at radius 3 is 2.77 bits per heavy atom. The van der Waals surface area contributed by atoms with Crippen LogP contribution in [0.15, 0.2) is 34.9 Å². The van der Waals surface area contributed by atoms with Gasteiger partial charge in [0.2, 0.25) is 5.89 Å². The summed E-state index contributed by atoms with van der Waals surface area (Å²) in [6.07, 6.45) is 4.78. The van der Waals surface area contributed by atoms with Crippen molar-refractivity contribution < 1.29 is 9.21 Å². The van der Waals surface area contributed by atoms with E-state index in [0.717, 1.165) is 17.8 Å². The number of amides is 2. The van der Waals surface area contributed by atoms with Crippen molar-refractivity contribution in [1.82, 2.24) is 15.6 Å². The molecular weight excluding hydrogens is 278 g/mol. The average Bonchev–Trinajstić information content (AvgIpc) is 3.24. The monoisotopic (exact) mass is 299 g/mol. The number of urea groups is 1. The van der Waals surface area contributed by atoms with Gasteiger partial charge in [0.15, 0.2) is 0 Å². The Bertz CT molecular complexity index is 630. The predicted molar refractivity (Wildman–Crippen MR) is 84.5 cm³/mol. The summed E-state index contributed by atoms with van der Waals surface area (Å²) in [5.74, 6) is 1.31. The van der Waals surface area contributed by atoms with Gasteiger partial charge in [-0.2, -0.15) is 0 Å². The number of nitrogens with zero attached hydrogens (tertiary/aromatic N) is 1. The normalized spacial score (nSPS) is 13.9. The summed E-state index contributed by atoms with van der Waals surface area (Å²) in [4.78, 5) is 16.0. The third kappa shape index (κ3) is 4.10. The van der Waals surface area contributed by atoms with Crippen molar-refractivity contribution in [3.63, 3.8) is 0 Å². The van der Waals surface area contributed by atoms with E-state index in [0.29, 0.717) is 24.8 Å². The number of carbonyl (C=O) groups excluding carboxylic acids is 1. The Balaban J connectivity index is 1.45. The van der Waals surface area contributed by atoms with E-state index >= 15 is 0 Å². The third-order valence-corrected chi connectivity index (χ3v) is 3.77. The number of hydrogen-bond acceptors (Lipinski definition) is 3. The molecule has 0 saturated heterocycles. The molecule has 116 valence electrons. The van der Waals surface area contributed by atoms with Gasteiger partial charge in [0.05, 0.1) is 5.69 Å². The minimum absolute atomic E-state index is 0.103. The van der Waals surface area contributed by atoms with Gasteiger partial charge in [0, 0.05) is 25.1 Å². The number of aryl methyl sites for hydroxylation is 1. The van der Waals surface area contributed by atoms with Crippen molar-refractivity contribution in [3.8, 4) is 11.5 Å². The summed E-state index contributed by atoms with van der Waals surface area (Å²) >= 11 is 0. The maximum absolute atomic E-state index is 11.6. The zero-order valence-corrected chi connectivity index (χ0v) is 12.8. The number of rotatable bonds is 6. The summed E-state index contributed by atoms with van der Waals surface area (Å²) in [5, 5.41) is 5.71. The second-order valence-electron chi connectivity index (χ2n) is 5.84. The molecule has 0 bridgehead atoms. The maximum Gasteiger partial charge on any atom is 0.314 e. The van der Waals surface area contributed by atoms with Crippen LogP contribution in [0.5, 0.6) is 0 Å². The van der Waals surface area contributed by atoms with Gasteiger partial charge in [-0.25, -0.2) is 9.78 Å². The Morgan fingerprint density at radius 2 is 2.05 bits per heavy atom. The molecular formula is C17H21N3O2. The lowest BCUT2D eigenvalue weighted by Gasteiger charge is -2.05. The molecule has 1 heterocycles. The Kier molecular flexibility index (Phi) is 4.42. The third-order valence-electron chi connectivity index (χ3n) is 3.77. The summed E-state index contributed by atoms with van der Waals surface area (Å²) in [7, 11) is 0. The van der Waals surface area contributed by atoms with Crippen LogP contribution >= 0.6 is 0 Å². The molecule has 0 spiro atoms. The predicted octanol–water partition coefficient (Wildman–Crippen LogP) is 2.90. The van der Waals surface area contributed by atoms with E-state index in [1.54, 1.807) is 6.26 Å². The fourth-order valence-electron chi connectivity index (χ4n) is 2.18. The van der Waals surface area contributed by atoms with Crippen LogP contribution in [0.2, 0.25) is 0 Å². The molecule has 2 aromatic rings. The summed E-state index contributed by atoms with van der Waals surface area (Å²) in [5.41, 5.74) is 3.02. The SMILES string of the molecule is Cc1ccc(-c2nc(CCNC(=O)NCC3CC3)co2)cc1. The molecule has 1 aliphatic rings. The van der Waals surface area contributed by atoms with Gasteiger partial charge in [-0.3, -0.25) is 0 Å². The lowest BCUT2D eigenvalue weighted by atomic mass is 10.1. The Hall–Kier alpha value is -2.30. The molecule has 0 atom stereocenters. The summed E-state index contributed by atoms with van der Waals surface area (Å²) < 4.78 is 5.50. The van der Waals surface area contributed by atoms with Gasteiger partial charge in [0.25, 0.3) is 0 Å². The maximum atomic E-state index is 11.6. The lowest BCUT2D eigenvalue weighted by Crippen LogP contribution is -2.37. The van der Waals surface area contributed by atoms with Crippen molar-refractivity contribution in [3.05, 3.63) is 41.8 Å². The van der Waals surface area contributed by atoms with E-state index in [1.807, 2.05) is 31.2 Å². The molecule has 1 aromatic carbocycles. The highest BCUT2D eigenvalue weighted by atomic mass is 16.3. The Morgan fingerprint density at radius 1 is 1.27 bits per heavy atom. The molecule has 5 nitrogen and oxygen atoms in total. The second kappa shape index (κ2) is 6.64. The van der Waals surface area contributed by atoms with Gasteiger partial charge in [0.1, 0.15) is 6.26 Å². The molecule has 2 amide bonds. The highest BCUT2D eigenvalue weighted by Crippen LogP contribution is 2.27. The first-order valence-corrected chi connectivity index (χ1v) is 7.74. The standard InChI is InChI=1S/C17H21N3O2/c1-12-2-6-14(7-3-12)16-20-15(11-22-16)8-9-18-17(21)19-10-13-4-5-13/h2-3,6-7,11,13H,4-5,8-10H2,1H3,(H2,18,19,21). The number of aromatic nitrogens is 1. The van der Waals surface area contributed by atoms with Crippen molar-refractivity contribution in [2.75, 3.05) is 13.1 Å². The number of hydrogen-bond donors (Lipinski definition) is 2. The van der Waals surface area contributed by atoms with Crippen molar-refractivity contribution >= 4 is 6.03 Å². The van der Waals surface area contributed by atoms with E-state index in [4.69, 9.17) is 4.42 Å². The van der Waals surface area contributed by atoms with Crippen molar-refractivity contribution in [2.45, 2.75) is 26.2 Å². The van der Waals surface area contributed by atoms with E-state index in [-0.39, 0.29) is 6.03 Å². The minimum Gasteiger partial charge on any atom is -0.444 e. The second-order valence-corrected chi connectivity index (χ2v) is 5.84. The molecule has 22 heavy (non-hydrogen) atoms. The summed E-state index contributed by atoms with van der Waals surface area (Å²) in [6.45, 7) is 3.38. The van der Waals surface area contributed by atoms with Gasteiger partial charge >= 0.3 is 6.03 Å². The fourth-order valence-corrected chi connectivity index (χ4v) is 2.18. The number of nitrogens with one attached hydrogen (secondary N) is 2. The average molecular weight is 299 g/mol. The quantitative estimate of drug-likeness (QED) is 0.862. The van der Waals surface area contributed by atoms with Crippen molar-refractivity contribution in [1.29, 1.82) is 0 Å². The highest BCUT2D eigenvalue weighted by molar-refractivity contribution is 5.73. The largest absolute Gasteiger partial charge is 0.444 e. The minimum atomic E-state index is -0.103. The first-order chi connectivity index (χ1) is 10.7. The van der Waals surface area contributed by atoms with E-state index in [2.05, 4.69) is 15.6 Å².